The summed E-state index contributed by atoms with van der Waals surface area (Å²) in [6.07, 6.45) is 0.636. The molecule has 168 valence electrons. The van der Waals surface area contributed by atoms with Crippen molar-refractivity contribution in [1.82, 2.24) is 14.8 Å². The van der Waals surface area contributed by atoms with E-state index in [0.29, 0.717) is 28.7 Å². The van der Waals surface area contributed by atoms with Gasteiger partial charge in [-0.15, -0.1) is 10.2 Å². The number of methoxy groups -OCH3 is 1. The van der Waals surface area contributed by atoms with E-state index in [-0.39, 0.29) is 11.7 Å². The van der Waals surface area contributed by atoms with E-state index < -0.39 is 0 Å². The van der Waals surface area contributed by atoms with Gasteiger partial charge >= 0.3 is 0 Å². The van der Waals surface area contributed by atoms with Crippen molar-refractivity contribution in [3.05, 3.63) is 89.7 Å². The van der Waals surface area contributed by atoms with Crippen molar-refractivity contribution in [2.45, 2.75) is 18.5 Å². The Kier molecular flexibility index (Phi) is 6.95. The second-order valence-electron chi connectivity index (χ2n) is 7.52. The van der Waals surface area contributed by atoms with Gasteiger partial charge in [0.25, 0.3) is 0 Å². The van der Waals surface area contributed by atoms with Crippen LogP contribution in [-0.2, 0) is 11.2 Å². The maximum absolute atomic E-state index is 12.6. The van der Waals surface area contributed by atoms with Crippen molar-refractivity contribution in [1.29, 1.82) is 0 Å². The molecule has 1 amide bonds. The molecule has 0 unspecified atom stereocenters. The SMILES string of the molecule is COc1ccc(NC(=O)CSc2nnc(Cc3ccccc3)n2-c2ccc(C)cc2)c(N)c1. The number of amides is 1. The number of carbonyl (C=O) groups is 1. The van der Waals surface area contributed by atoms with Crippen LogP contribution in [0.1, 0.15) is 17.0 Å². The first-order valence-electron chi connectivity index (χ1n) is 10.4. The number of anilines is 2. The molecule has 7 nitrogen and oxygen atoms in total. The number of aryl methyl sites for hydroxylation is 1. The standard InChI is InChI=1S/C25H25N5O2S/c1-17-8-10-19(11-9-17)30-23(14-18-6-4-3-5-7-18)28-29-25(30)33-16-24(31)27-22-13-12-20(32-2)15-21(22)26/h3-13,15H,14,16,26H2,1-2H3,(H,27,31). The van der Waals surface area contributed by atoms with Crippen molar-refractivity contribution in [2.24, 2.45) is 0 Å². The van der Waals surface area contributed by atoms with Crippen LogP contribution in [-0.4, -0.2) is 33.5 Å². The van der Waals surface area contributed by atoms with Crippen molar-refractivity contribution < 1.29 is 9.53 Å². The minimum atomic E-state index is -0.181. The van der Waals surface area contributed by atoms with Gasteiger partial charge in [-0.2, -0.15) is 0 Å². The highest BCUT2D eigenvalue weighted by Crippen LogP contribution is 2.26. The number of benzene rings is 3. The van der Waals surface area contributed by atoms with Gasteiger partial charge in [0.15, 0.2) is 5.16 Å². The van der Waals surface area contributed by atoms with E-state index in [1.54, 1.807) is 25.3 Å². The molecule has 3 aromatic carbocycles. The number of thioether (sulfide) groups is 1. The maximum Gasteiger partial charge on any atom is 0.234 e. The molecular weight excluding hydrogens is 434 g/mol. The van der Waals surface area contributed by atoms with Gasteiger partial charge in [-0.05, 0) is 36.8 Å². The summed E-state index contributed by atoms with van der Waals surface area (Å²) < 4.78 is 7.16. The molecule has 1 aromatic heterocycles. The highest BCUT2D eigenvalue weighted by Gasteiger charge is 2.17. The molecular formula is C25H25N5O2S. The fourth-order valence-corrected chi connectivity index (χ4v) is 4.11. The summed E-state index contributed by atoms with van der Waals surface area (Å²) in [5.74, 6) is 1.44. The zero-order valence-corrected chi connectivity index (χ0v) is 19.3. The molecule has 0 saturated heterocycles. The lowest BCUT2D eigenvalue weighted by Crippen LogP contribution is -2.15. The monoisotopic (exact) mass is 459 g/mol. The maximum atomic E-state index is 12.6. The van der Waals surface area contributed by atoms with Crippen LogP contribution in [0, 0.1) is 6.92 Å². The first-order valence-corrected chi connectivity index (χ1v) is 11.4. The molecule has 0 saturated carbocycles. The normalized spacial score (nSPS) is 10.7. The molecule has 0 aliphatic carbocycles. The molecule has 4 rings (SSSR count). The van der Waals surface area contributed by atoms with Crippen molar-refractivity contribution in [2.75, 3.05) is 23.9 Å². The van der Waals surface area contributed by atoms with Gasteiger partial charge in [0.2, 0.25) is 5.91 Å². The Morgan fingerprint density at radius 3 is 2.52 bits per heavy atom. The molecule has 0 radical (unpaired) electrons. The number of nitrogens with two attached hydrogens (primary N) is 1. The summed E-state index contributed by atoms with van der Waals surface area (Å²) in [4.78, 5) is 12.6. The third kappa shape index (κ3) is 5.53. The van der Waals surface area contributed by atoms with Crippen LogP contribution in [0.5, 0.6) is 5.75 Å². The second kappa shape index (κ2) is 10.2. The van der Waals surface area contributed by atoms with Crippen LogP contribution in [0.25, 0.3) is 5.69 Å². The zero-order chi connectivity index (χ0) is 23.2. The molecule has 1 heterocycles. The van der Waals surface area contributed by atoms with Crippen LogP contribution in [0.15, 0.2) is 78.0 Å². The van der Waals surface area contributed by atoms with Crippen LogP contribution in [0.3, 0.4) is 0 Å². The predicted molar refractivity (Wildman–Crippen MR) is 132 cm³/mol. The summed E-state index contributed by atoms with van der Waals surface area (Å²) >= 11 is 1.33. The number of hydrogen-bond acceptors (Lipinski definition) is 6. The fourth-order valence-electron chi connectivity index (χ4n) is 3.34. The average Bonchev–Trinajstić information content (AvgIpc) is 3.22. The summed E-state index contributed by atoms with van der Waals surface area (Å²) in [5.41, 5.74) is 10.3. The van der Waals surface area contributed by atoms with E-state index in [2.05, 4.69) is 39.8 Å². The molecule has 4 aromatic rings. The van der Waals surface area contributed by atoms with E-state index >= 15 is 0 Å². The van der Waals surface area contributed by atoms with Gasteiger partial charge in [-0.3, -0.25) is 9.36 Å². The van der Waals surface area contributed by atoms with E-state index in [0.717, 1.165) is 17.1 Å². The smallest absolute Gasteiger partial charge is 0.234 e. The Morgan fingerprint density at radius 2 is 1.82 bits per heavy atom. The van der Waals surface area contributed by atoms with Crippen molar-refractivity contribution >= 4 is 29.0 Å². The summed E-state index contributed by atoms with van der Waals surface area (Å²) in [6.45, 7) is 2.05. The molecule has 0 spiro atoms. The van der Waals surface area contributed by atoms with Gasteiger partial charge in [-0.25, -0.2) is 0 Å². The Bertz CT molecular complexity index is 1240. The number of nitrogen functional groups attached to an aromatic ring is 1. The Balaban J connectivity index is 1.53. The van der Waals surface area contributed by atoms with E-state index in [9.17, 15) is 4.79 Å². The van der Waals surface area contributed by atoms with E-state index in [1.165, 1.54) is 17.3 Å². The number of nitrogens with one attached hydrogen (secondary N) is 1. The minimum absolute atomic E-state index is 0.167. The molecule has 0 fully saturated rings. The summed E-state index contributed by atoms with van der Waals surface area (Å²) in [6, 6.07) is 23.5. The molecule has 33 heavy (non-hydrogen) atoms. The van der Waals surface area contributed by atoms with Gasteiger partial charge < -0.3 is 15.8 Å². The van der Waals surface area contributed by atoms with Gasteiger partial charge in [0.1, 0.15) is 11.6 Å². The highest BCUT2D eigenvalue weighted by atomic mass is 32.2. The highest BCUT2D eigenvalue weighted by molar-refractivity contribution is 7.99. The van der Waals surface area contributed by atoms with Gasteiger partial charge in [0, 0.05) is 18.2 Å². The summed E-state index contributed by atoms with van der Waals surface area (Å²) in [5, 5.41) is 12.3. The molecule has 0 atom stereocenters. The number of ether oxygens (including phenoxy) is 1. The number of nitrogens with zero attached hydrogens (tertiary/aromatic N) is 3. The van der Waals surface area contributed by atoms with Gasteiger partial charge in [-0.1, -0.05) is 59.8 Å². The minimum Gasteiger partial charge on any atom is -0.497 e. The lowest BCUT2D eigenvalue weighted by molar-refractivity contribution is -0.113. The average molecular weight is 460 g/mol. The molecule has 0 aliphatic heterocycles. The van der Waals surface area contributed by atoms with Crippen LogP contribution >= 0.6 is 11.8 Å². The Hall–Kier alpha value is -3.78. The second-order valence-corrected chi connectivity index (χ2v) is 8.46. The topological polar surface area (TPSA) is 95.1 Å². The third-order valence-corrected chi connectivity index (χ3v) is 5.99. The quantitative estimate of drug-likeness (QED) is 0.298. The predicted octanol–water partition coefficient (Wildman–Crippen LogP) is 4.49. The molecule has 0 aliphatic rings. The van der Waals surface area contributed by atoms with Crippen LogP contribution < -0.4 is 15.8 Å². The van der Waals surface area contributed by atoms with Crippen molar-refractivity contribution in [3.63, 3.8) is 0 Å². The lowest BCUT2D eigenvalue weighted by atomic mass is 10.1. The summed E-state index contributed by atoms with van der Waals surface area (Å²) in [7, 11) is 1.57. The van der Waals surface area contributed by atoms with E-state index in [1.807, 2.05) is 41.8 Å². The largest absolute Gasteiger partial charge is 0.497 e. The molecule has 3 N–H and O–H groups in total. The number of hydrogen-bond donors (Lipinski definition) is 2. The van der Waals surface area contributed by atoms with Crippen LogP contribution in [0.4, 0.5) is 11.4 Å². The Morgan fingerprint density at radius 1 is 1.06 bits per heavy atom. The lowest BCUT2D eigenvalue weighted by Gasteiger charge is -2.12. The number of rotatable bonds is 8. The number of carbonyl (C=O) groups excluding carboxylic acids is 1. The number of aromatic nitrogens is 3. The zero-order valence-electron chi connectivity index (χ0n) is 18.5. The Labute approximate surface area is 197 Å². The van der Waals surface area contributed by atoms with Gasteiger partial charge in [0.05, 0.1) is 24.2 Å². The molecule has 8 heteroatoms. The first kappa shape index (κ1) is 22.4. The van der Waals surface area contributed by atoms with E-state index in [4.69, 9.17) is 10.5 Å². The third-order valence-electron chi connectivity index (χ3n) is 5.06. The molecule has 0 bridgehead atoms. The van der Waals surface area contributed by atoms with Crippen LogP contribution in [0.2, 0.25) is 0 Å². The first-order chi connectivity index (χ1) is 16.0. The van der Waals surface area contributed by atoms with Crippen molar-refractivity contribution in [3.8, 4) is 11.4 Å². The fraction of sp³-hybridized carbons (Fsp3) is 0.160.